The summed E-state index contributed by atoms with van der Waals surface area (Å²) in [4.78, 5) is 0. The van der Waals surface area contributed by atoms with Gasteiger partial charge in [0, 0.05) is 17.1 Å². The number of halogens is 1. The van der Waals surface area contributed by atoms with Crippen LogP contribution in [0.25, 0.3) is 0 Å². The second-order valence-electron chi connectivity index (χ2n) is 5.08. The molecule has 0 saturated carbocycles. The first kappa shape index (κ1) is 14.4. The second kappa shape index (κ2) is 6.48. The Morgan fingerprint density at radius 3 is 2.95 bits per heavy atom. The molecule has 0 fully saturated rings. The Morgan fingerprint density at radius 1 is 1.24 bits per heavy atom. The maximum absolute atomic E-state index is 6.02. The normalized spacial score (nSPS) is 17.3. The minimum atomic E-state index is -0.0421. The lowest BCUT2D eigenvalue weighted by atomic mass is 9.98. The molecule has 0 bridgehead atoms. The first-order valence-corrected chi connectivity index (χ1v) is 7.46. The molecule has 0 spiro atoms. The summed E-state index contributed by atoms with van der Waals surface area (Å²) in [5.74, 6) is 0.733. The summed E-state index contributed by atoms with van der Waals surface area (Å²) in [6.45, 7) is 1.61. The number of rotatable bonds is 4. The molecule has 0 radical (unpaired) electrons. The van der Waals surface area contributed by atoms with Crippen molar-refractivity contribution in [1.82, 2.24) is 0 Å². The highest BCUT2D eigenvalue weighted by atomic mass is 35.5. The molecule has 0 aliphatic carbocycles. The fourth-order valence-electron chi connectivity index (χ4n) is 2.61. The number of hydrogen-bond acceptors (Lipinski definition) is 3. The molecule has 0 amide bonds. The van der Waals surface area contributed by atoms with Crippen LogP contribution in [0.1, 0.15) is 22.8 Å². The smallest absolute Gasteiger partial charge is 0.125 e. The van der Waals surface area contributed by atoms with E-state index in [0.29, 0.717) is 18.2 Å². The molecule has 2 aromatic rings. The van der Waals surface area contributed by atoms with Crippen molar-refractivity contribution in [3.05, 3.63) is 64.2 Å². The molecule has 1 aliphatic heterocycles. The van der Waals surface area contributed by atoms with Crippen LogP contribution in [0.4, 0.5) is 0 Å². The molecule has 1 atom stereocenters. The first-order valence-electron chi connectivity index (χ1n) is 7.08. The lowest BCUT2D eigenvalue weighted by Gasteiger charge is -2.26. The Hall–Kier alpha value is -1.55. The molecule has 0 saturated heterocycles. The van der Waals surface area contributed by atoms with Crippen molar-refractivity contribution in [3.8, 4) is 5.75 Å². The minimum absolute atomic E-state index is 0.0421. The monoisotopic (exact) mass is 303 g/mol. The molecule has 3 rings (SSSR count). The van der Waals surface area contributed by atoms with Crippen LogP contribution in [0.5, 0.6) is 5.75 Å². The van der Waals surface area contributed by atoms with Crippen LogP contribution < -0.4 is 10.5 Å². The van der Waals surface area contributed by atoms with Crippen LogP contribution in [-0.2, 0) is 17.7 Å². The molecular weight excluding hydrogens is 286 g/mol. The van der Waals surface area contributed by atoms with Gasteiger partial charge in [0.1, 0.15) is 18.5 Å². The van der Waals surface area contributed by atoms with E-state index in [1.54, 1.807) is 6.07 Å². The standard InChI is InChI=1S/C17H18ClNO2/c18-14-6-5-13(10-19)16(9-14)21-11-17-15-4-2-1-3-12(15)7-8-20-17/h1-6,9,17H,7-8,10-11,19H2. The SMILES string of the molecule is NCc1ccc(Cl)cc1OCC1OCCc2ccccc21. The molecule has 1 unspecified atom stereocenters. The topological polar surface area (TPSA) is 44.5 Å². The van der Waals surface area contributed by atoms with Gasteiger partial charge in [-0.25, -0.2) is 0 Å². The van der Waals surface area contributed by atoms with Crippen LogP contribution in [0.3, 0.4) is 0 Å². The highest BCUT2D eigenvalue weighted by molar-refractivity contribution is 6.30. The van der Waals surface area contributed by atoms with Crippen molar-refractivity contribution < 1.29 is 9.47 Å². The molecule has 1 aliphatic rings. The quantitative estimate of drug-likeness (QED) is 0.940. The van der Waals surface area contributed by atoms with Crippen molar-refractivity contribution in [2.75, 3.05) is 13.2 Å². The summed E-state index contributed by atoms with van der Waals surface area (Å²) in [6.07, 6.45) is 0.914. The van der Waals surface area contributed by atoms with Gasteiger partial charge in [-0.1, -0.05) is 41.9 Å². The highest BCUT2D eigenvalue weighted by Crippen LogP contribution is 2.29. The van der Waals surface area contributed by atoms with Gasteiger partial charge in [0.25, 0.3) is 0 Å². The van der Waals surface area contributed by atoms with Crippen molar-refractivity contribution >= 4 is 11.6 Å². The Kier molecular flexibility index (Phi) is 4.44. The zero-order valence-electron chi connectivity index (χ0n) is 11.7. The van der Waals surface area contributed by atoms with E-state index in [9.17, 15) is 0 Å². The van der Waals surface area contributed by atoms with Crippen LogP contribution in [-0.4, -0.2) is 13.2 Å². The van der Waals surface area contributed by atoms with Crippen LogP contribution in [0.15, 0.2) is 42.5 Å². The molecule has 4 heteroatoms. The Bertz CT molecular complexity index is 630. The second-order valence-corrected chi connectivity index (χ2v) is 5.51. The Balaban J connectivity index is 1.76. The molecular formula is C17H18ClNO2. The predicted molar refractivity (Wildman–Crippen MR) is 83.7 cm³/mol. The average Bonchev–Trinajstić information content (AvgIpc) is 2.53. The minimum Gasteiger partial charge on any atom is -0.490 e. The number of nitrogens with two attached hydrogens (primary N) is 1. The summed E-state index contributed by atoms with van der Waals surface area (Å²) < 4.78 is 11.8. The van der Waals surface area contributed by atoms with Gasteiger partial charge < -0.3 is 15.2 Å². The van der Waals surface area contributed by atoms with Crippen molar-refractivity contribution in [3.63, 3.8) is 0 Å². The average molecular weight is 304 g/mol. The van der Waals surface area contributed by atoms with E-state index in [-0.39, 0.29) is 6.10 Å². The van der Waals surface area contributed by atoms with E-state index in [0.717, 1.165) is 24.3 Å². The van der Waals surface area contributed by atoms with Crippen molar-refractivity contribution in [2.45, 2.75) is 19.1 Å². The van der Waals surface area contributed by atoms with Crippen LogP contribution in [0.2, 0.25) is 5.02 Å². The maximum atomic E-state index is 6.02. The van der Waals surface area contributed by atoms with Gasteiger partial charge in [0.2, 0.25) is 0 Å². The summed E-state index contributed by atoms with van der Waals surface area (Å²) >= 11 is 6.02. The van der Waals surface area contributed by atoms with Crippen LogP contribution in [0, 0.1) is 0 Å². The number of benzene rings is 2. The number of hydrogen-bond donors (Lipinski definition) is 1. The van der Waals surface area contributed by atoms with Crippen molar-refractivity contribution in [1.29, 1.82) is 0 Å². The zero-order chi connectivity index (χ0) is 14.7. The third kappa shape index (κ3) is 3.21. The van der Waals surface area contributed by atoms with E-state index in [1.165, 1.54) is 11.1 Å². The maximum Gasteiger partial charge on any atom is 0.125 e. The number of fused-ring (bicyclic) bond motifs is 1. The van der Waals surface area contributed by atoms with Gasteiger partial charge in [-0.3, -0.25) is 0 Å². The molecule has 110 valence electrons. The van der Waals surface area contributed by atoms with E-state index in [4.69, 9.17) is 26.8 Å². The Labute approximate surface area is 129 Å². The lowest BCUT2D eigenvalue weighted by molar-refractivity contribution is 0.00999. The largest absolute Gasteiger partial charge is 0.490 e. The van der Waals surface area contributed by atoms with E-state index in [1.807, 2.05) is 18.2 Å². The predicted octanol–water partition coefficient (Wildman–Crippen LogP) is 3.49. The summed E-state index contributed by atoms with van der Waals surface area (Å²) in [7, 11) is 0. The summed E-state index contributed by atoms with van der Waals surface area (Å²) in [5.41, 5.74) is 9.22. The third-order valence-electron chi connectivity index (χ3n) is 3.73. The zero-order valence-corrected chi connectivity index (χ0v) is 12.5. The van der Waals surface area contributed by atoms with Crippen LogP contribution >= 0.6 is 11.6 Å². The summed E-state index contributed by atoms with van der Waals surface area (Å²) in [6, 6.07) is 13.9. The highest BCUT2D eigenvalue weighted by Gasteiger charge is 2.21. The lowest BCUT2D eigenvalue weighted by Crippen LogP contribution is -2.22. The third-order valence-corrected chi connectivity index (χ3v) is 3.97. The van der Waals surface area contributed by atoms with E-state index in [2.05, 4.69) is 18.2 Å². The van der Waals surface area contributed by atoms with E-state index < -0.39 is 0 Å². The van der Waals surface area contributed by atoms with Gasteiger partial charge in [-0.2, -0.15) is 0 Å². The number of ether oxygens (including phenoxy) is 2. The van der Waals surface area contributed by atoms with Gasteiger partial charge in [0.05, 0.1) is 6.61 Å². The van der Waals surface area contributed by atoms with E-state index >= 15 is 0 Å². The molecule has 2 N–H and O–H groups in total. The molecule has 1 heterocycles. The molecule has 2 aromatic carbocycles. The summed E-state index contributed by atoms with van der Waals surface area (Å²) in [5, 5.41) is 0.646. The molecule has 0 aromatic heterocycles. The molecule has 21 heavy (non-hydrogen) atoms. The van der Waals surface area contributed by atoms with Gasteiger partial charge in [0.15, 0.2) is 0 Å². The van der Waals surface area contributed by atoms with Gasteiger partial charge in [-0.15, -0.1) is 0 Å². The fourth-order valence-corrected chi connectivity index (χ4v) is 2.77. The van der Waals surface area contributed by atoms with Gasteiger partial charge >= 0.3 is 0 Å². The first-order chi connectivity index (χ1) is 10.3. The Morgan fingerprint density at radius 2 is 2.10 bits per heavy atom. The van der Waals surface area contributed by atoms with Crippen molar-refractivity contribution in [2.24, 2.45) is 5.73 Å². The fraction of sp³-hybridized carbons (Fsp3) is 0.294. The molecule has 3 nitrogen and oxygen atoms in total. The van der Waals surface area contributed by atoms with Gasteiger partial charge in [-0.05, 0) is 29.7 Å².